The third-order valence-corrected chi connectivity index (χ3v) is 5.81. The molecule has 1 aromatic carbocycles. The minimum absolute atomic E-state index is 0.0294. The molecule has 0 atom stereocenters. The van der Waals surface area contributed by atoms with Crippen LogP contribution in [0.1, 0.15) is 13.3 Å². The van der Waals surface area contributed by atoms with Crippen LogP contribution in [0.3, 0.4) is 0 Å². The number of carbonyl (C=O) groups is 3. The third-order valence-electron chi connectivity index (χ3n) is 4.77. The van der Waals surface area contributed by atoms with E-state index in [0.29, 0.717) is 45.0 Å². The van der Waals surface area contributed by atoms with E-state index < -0.39 is 0 Å². The molecule has 27 heavy (non-hydrogen) atoms. The largest absolute Gasteiger partial charge is 0.355 e. The molecule has 0 bridgehead atoms. The molecule has 1 N–H and O–H groups in total. The van der Waals surface area contributed by atoms with E-state index >= 15 is 0 Å². The van der Waals surface area contributed by atoms with Crippen molar-refractivity contribution in [2.24, 2.45) is 0 Å². The molecule has 3 amide bonds. The minimum atomic E-state index is -0.0415. The number of benzene rings is 1. The van der Waals surface area contributed by atoms with Crippen LogP contribution >= 0.6 is 11.8 Å². The van der Waals surface area contributed by atoms with Gasteiger partial charge in [-0.2, -0.15) is 0 Å². The minimum Gasteiger partial charge on any atom is -0.355 e. The third kappa shape index (κ3) is 5.01. The molecule has 0 aliphatic carbocycles. The van der Waals surface area contributed by atoms with Gasteiger partial charge in [0.25, 0.3) is 0 Å². The Labute approximate surface area is 164 Å². The van der Waals surface area contributed by atoms with E-state index in [1.165, 1.54) is 11.8 Å². The van der Waals surface area contributed by atoms with E-state index in [-0.39, 0.29) is 24.3 Å². The van der Waals surface area contributed by atoms with E-state index in [1.807, 2.05) is 31.2 Å². The molecular formula is C19H26N4O3S. The second-order valence-corrected chi connectivity index (χ2v) is 7.76. The highest BCUT2D eigenvalue weighted by atomic mass is 32.2. The van der Waals surface area contributed by atoms with Crippen molar-refractivity contribution in [1.29, 1.82) is 0 Å². The molecule has 0 unspecified atom stereocenters. The summed E-state index contributed by atoms with van der Waals surface area (Å²) in [5, 5.41) is 2.87. The standard InChI is InChI=1S/C19H26N4O3S/c1-2-7-20-17(24)12-21-8-10-22(11-9-21)18(25)13-23-15-5-3-4-6-16(15)27-14-19(23)26/h3-6H,2,7-14H2,1H3,(H,20,24). The molecule has 0 aromatic heterocycles. The number of piperazine rings is 1. The highest BCUT2D eigenvalue weighted by molar-refractivity contribution is 8.00. The maximum absolute atomic E-state index is 12.7. The van der Waals surface area contributed by atoms with Crippen molar-refractivity contribution in [2.75, 3.05) is 56.5 Å². The SMILES string of the molecule is CCCNC(=O)CN1CCN(C(=O)CN2C(=O)CSc3ccccc32)CC1. The Morgan fingerprint density at radius 2 is 1.85 bits per heavy atom. The monoisotopic (exact) mass is 390 g/mol. The average Bonchev–Trinajstić information content (AvgIpc) is 2.69. The molecule has 0 radical (unpaired) electrons. The van der Waals surface area contributed by atoms with Crippen molar-refractivity contribution in [3.8, 4) is 0 Å². The van der Waals surface area contributed by atoms with Crippen LogP contribution in [0.25, 0.3) is 0 Å². The lowest BCUT2D eigenvalue weighted by Crippen LogP contribution is -2.53. The molecule has 3 rings (SSSR count). The molecule has 1 aromatic rings. The number of thioether (sulfide) groups is 1. The lowest BCUT2D eigenvalue weighted by Gasteiger charge is -2.36. The van der Waals surface area contributed by atoms with Crippen molar-refractivity contribution in [1.82, 2.24) is 15.1 Å². The van der Waals surface area contributed by atoms with Gasteiger partial charge in [-0.25, -0.2) is 0 Å². The molecule has 1 fully saturated rings. The van der Waals surface area contributed by atoms with E-state index in [9.17, 15) is 14.4 Å². The first-order valence-corrected chi connectivity index (χ1v) is 10.4. The quantitative estimate of drug-likeness (QED) is 0.778. The van der Waals surface area contributed by atoms with E-state index in [0.717, 1.165) is 17.0 Å². The summed E-state index contributed by atoms with van der Waals surface area (Å²) in [6, 6.07) is 7.70. The van der Waals surface area contributed by atoms with Crippen LogP contribution in [-0.2, 0) is 14.4 Å². The zero-order chi connectivity index (χ0) is 19.2. The van der Waals surface area contributed by atoms with Crippen LogP contribution in [0.4, 0.5) is 5.69 Å². The van der Waals surface area contributed by atoms with Gasteiger partial charge in [0.15, 0.2) is 0 Å². The summed E-state index contributed by atoms with van der Waals surface area (Å²) in [4.78, 5) is 43.3. The maximum Gasteiger partial charge on any atom is 0.242 e. The fourth-order valence-electron chi connectivity index (χ4n) is 3.24. The predicted molar refractivity (Wildman–Crippen MR) is 106 cm³/mol. The lowest BCUT2D eigenvalue weighted by molar-refractivity contribution is -0.133. The van der Waals surface area contributed by atoms with Gasteiger partial charge in [-0.1, -0.05) is 19.1 Å². The summed E-state index contributed by atoms with van der Waals surface area (Å²) >= 11 is 1.51. The zero-order valence-corrected chi connectivity index (χ0v) is 16.5. The Morgan fingerprint density at radius 1 is 1.11 bits per heavy atom. The highest BCUT2D eigenvalue weighted by Gasteiger charge is 2.29. The summed E-state index contributed by atoms with van der Waals surface area (Å²) < 4.78 is 0. The van der Waals surface area contributed by atoms with Crippen LogP contribution in [0.15, 0.2) is 29.2 Å². The van der Waals surface area contributed by atoms with Crippen LogP contribution < -0.4 is 10.2 Å². The number of amides is 3. The summed E-state index contributed by atoms with van der Waals surface area (Å²) in [6.07, 6.45) is 0.922. The summed E-state index contributed by atoms with van der Waals surface area (Å²) in [7, 11) is 0. The van der Waals surface area contributed by atoms with Crippen molar-refractivity contribution in [3.63, 3.8) is 0 Å². The van der Waals surface area contributed by atoms with Gasteiger partial charge in [-0.3, -0.25) is 19.3 Å². The van der Waals surface area contributed by atoms with Crippen molar-refractivity contribution in [3.05, 3.63) is 24.3 Å². The van der Waals surface area contributed by atoms with Crippen molar-refractivity contribution >= 4 is 35.2 Å². The first kappa shape index (κ1) is 19.7. The second-order valence-electron chi connectivity index (χ2n) is 6.74. The van der Waals surface area contributed by atoms with Crippen LogP contribution in [-0.4, -0.2) is 79.1 Å². The number of fused-ring (bicyclic) bond motifs is 1. The second kappa shape index (κ2) is 9.23. The molecule has 7 nitrogen and oxygen atoms in total. The maximum atomic E-state index is 12.7. The summed E-state index contributed by atoms with van der Waals surface area (Å²) in [5.74, 6) is 0.327. The van der Waals surface area contributed by atoms with Gasteiger partial charge in [0, 0.05) is 37.6 Å². The van der Waals surface area contributed by atoms with Crippen molar-refractivity contribution in [2.45, 2.75) is 18.2 Å². The van der Waals surface area contributed by atoms with Gasteiger partial charge in [0.2, 0.25) is 17.7 Å². The van der Waals surface area contributed by atoms with Gasteiger partial charge < -0.3 is 15.1 Å². The molecule has 2 heterocycles. The number of hydrogen-bond acceptors (Lipinski definition) is 5. The van der Waals surface area contributed by atoms with Gasteiger partial charge in [0.1, 0.15) is 6.54 Å². The normalized spacial score (nSPS) is 17.6. The van der Waals surface area contributed by atoms with Gasteiger partial charge in [-0.15, -0.1) is 11.8 Å². The zero-order valence-electron chi connectivity index (χ0n) is 15.6. The number of anilines is 1. The lowest BCUT2D eigenvalue weighted by atomic mass is 10.2. The number of carbonyl (C=O) groups excluding carboxylic acids is 3. The van der Waals surface area contributed by atoms with Gasteiger partial charge >= 0.3 is 0 Å². The smallest absolute Gasteiger partial charge is 0.242 e. The molecular weight excluding hydrogens is 364 g/mol. The number of hydrogen-bond donors (Lipinski definition) is 1. The Bertz CT molecular complexity index is 704. The number of nitrogens with zero attached hydrogens (tertiary/aromatic N) is 3. The first-order valence-electron chi connectivity index (χ1n) is 9.37. The average molecular weight is 391 g/mol. The Hall–Kier alpha value is -2.06. The molecule has 2 aliphatic heterocycles. The molecule has 146 valence electrons. The van der Waals surface area contributed by atoms with Crippen molar-refractivity contribution < 1.29 is 14.4 Å². The summed E-state index contributed by atoms with van der Waals surface area (Å²) in [6.45, 7) is 5.67. The molecule has 8 heteroatoms. The number of rotatable bonds is 6. The molecule has 1 saturated heterocycles. The Kier molecular flexibility index (Phi) is 6.73. The van der Waals surface area contributed by atoms with E-state index in [4.69, 9.17) is 0 Å². The number of nitrogens with one attached hydrogen (secondary N) is 1. The van der Waals surface area contributed by atoms with Crippen LogP contribution in [0.5, 0.6) is 0 Å². The molecule has 0 saturated carbocycles. The number of para-hydroxylation sites is 1. The highest BCUT2D eigenvalue weighted by Crippen LogP contribution is 2.34. The first-order chi connectivity index (χ1) is 13.1. The summed E-state index contributed by atoms with van der Waals surface area (Å²) in [5.41, 5.74) is 0.818. The predicted octanol–water partition coefficient (Wildman–Crippen LogP) is 0.796. The topological polar surface area (TPSA) is 73.0 Å². The Morgan fingerprint density at radius 3 is 2.59 bits per heavy atom. The Balaban J connectivity index is 1.51. The fourth-order valence-corrected chi connectivity index (χ4v) is 4.18. The van der Waals surface area contributed by atoms with Gasteiger partial charge in [0.05, 0.1) is 18.0 Å². The molecule has 0 spiro atoms. The van der Waals surface area contributed by atoms with Crippen LogP contribution in [0.2, 0.25) is 0 Å². The van der Waals surface area contributed by atoms with E-state index in [2.05, 4.69) is 10.2 Å². The molecule has 2 aliphatic rings. The van der Waals surface area contributed by atoms with Gasteiger partial charge in [-0.05, 0) is 18.6 Å². The van der Waals surface area contributed by atoms with Crippen LogP contribution in [0, 0.1) is 0 Å². The van der Waals surface area contributed by atoms with E-state index in [1.54, 1.807) is 9.80 Å². The fraction of sp³-hybridized carbons (Fsp3) is 0.526.